The molecular weight excluding hydrogens is 151 g/mol. The maximum atomic E-state index is 8.38. The third-order valence-electron chi connectivity index (χ3n) is 0.477. The van der Waals surface area contributed by atoms with E-state index < -0.39 is 5.56 Å². The topological polar surface area (TPSA) is 29.5 Å². The molecule has 0 saturated carbocycles. The lowest BCUT2D eigenvalue weighted by Crippen LogP contribution is -2.08. The zero-order valence-corrected chi connectivity index (χ0v) is 5.82. The number of aliphatic hydroxyl groups excluding tert-OH is 1. The lowest BCUT2D eigenvalue weighted by Gasteiger charge is -2.00. The molecule has 0 aromatic carbocycles. The molecule has 0 aromatic rings. The molecular formula is C4H8Cl2O2. The molecule has 0 rings (SSSR count). The van der Waals surface area contributed by atoms with Crippen LogP contribution in [0.2, 0.25) is 0 Å². The van der Waals surface area contributed by atoms with Crippen molar-refractivity contribution in [2.24, 2.45) is 0 Å². The van der Waals surface area contributed by atoms with Crippen LogP contribution < -0.4 is 0 Å². The molecule has 0 aliphatic rings. The van der Waals surface area contributed by atoms with E-state index in [4.69, 9.17) is 33.0 Å². The highest BCUT2D eigenvalue weighted by molar-refractivity contribution is 6.19. The number of aliphatic hydroxyl groups is 1. The third-order valence-corrected chi connectivity index (χ3v) is 0.757. The summed E-state index contributed by atoms with van der Waals surface area (Å²) >= 11 is 10.3. The molecule has 4 heteroatoms. The van der Waals surface area contributed by atoms with Crippen molar-refractivity contribution in [3.8, 4) is 0 Å². The van der Waals surface area contributed by atoms with Crippen molar-refractivity contribution in [3.63, 3.8) is 0 Å². The predicted molar refractivity (Wildman–Crippen MR) is 33.4 cm³/mol. The van der Waals surface area contributed by atoms with E-state index in [0.29, 0.717) is 12.5 Å². The first-order valence-electron chi connectivity index (χ1n) is 2.23. The van der Waals surface area contributed by atoms with Gasteiger partial charge < -0.3 is 9.84 Å². The molecule has 0 spiro atoms. The van der Waals surface area contributed by atoms with Gasteiger partial charge in [-0.15, -0.1) is 11.6 Å². The van der Waals surface area contributed by atoms with E-state index in [0.717, 1.165) is 0 Å². The van der Waals surface area contributed by atoms with E-state index in [9.17, 15) is 0 Å². The average molecular weight is 159 g/mol. The first-order valence-corrected chi connectivity index (χ1v) is 3.20. The zero-order chi connectivity index (χ0) is 6.41. The van der Waals surface area contributed by atoms with E-state index in [-0.39, 0.29) is 6.61 Å². The van der Waals surface area contributed by atoms with E-state index in [1.54, 1.807) is 0 Å². The Morgan fingerprint density at radius 1 is 1.62 bits per heavy atom. The molecule has 0 amide bonds. The second-order valence-corrected chi connectivity index (χ2v) is 2.08. The largest absolute Gasteiger partial charge is 0.376 e. The number of alkyl halides is 2. The third kappa shape index (κ3) is 6.50. The van der Waals surface area contributed by atoms with E-state index in [1.165, 1.54) is 0 Å². The van der Waals surface area contributed by atoms with Crippen LogP contribution in [0.5, 0.6) is 0 Å². The van der Waals surface area contributed by atoms with Crippen molar-refractivity contribution in [1.29, 1.82) is 0 Å². The SMILES string of the molecule is OC(Cl)COCCCl. The summed E-state index contributed by atoms with van der Waals surface area (Å²) < 4.78 is 4.73. The lowest BCUT2D eigenvalue weighted by molar-refractivity contribution is 0.0835. The standard InChI is InChI=1S/C4H8Cl2O2/c5-1-2-8-3-4(6)7/h4,7H,1-3H2. The second kappa shape index (κ2) is 5.63. The Bertz CT molecular complexity index is 49.3. The van der Waals surface area contributed by atoms with Crippen molar-refractivity contribution in [2.75, 3.05) is 19.1 Å². The normalized spacial score (nSPS) is 13.9. The molecule has 1 unspecified atom stereocenters. The van der Waals surface area contributed by atoms with Gasteiger partial charge in [0.25, 0.3) is 0 Å². The fourth-order valence-corrected chi connectivity index (χ4v) is 0.433. The van der Waals surface area contributed by atoms with Crippen LogP contribution in [0.4, 0.5) is 0 Å². The van der Waals surface area contributed by atoms with Crippen LogP contribution in [0, 0.1) is 0 Å². The number of halogens is 2. The van der Waals surface area contributed by atoms with Crippen molar-refractivity contribution in [3.05, 3.63) is 0 Å². The van der Waals surface area contributed by atoms with Gasteiger partial charge in [0.15, 0.2) is 5.56 Å². The zero-order valence-electron chi connectivity index (χ0n) is 4.31. The minimum Gasteiger partial charge on any atom is -0.376 e. The summed E-state index contributed by atoms with van der Waals surface area (Å²) in [6.45, 7) is 0.583. The predicted octanol–water partition coefficient (Wildman–Crippen LogP) is 0.799. The highest BCUT2D eigenvalue weighted by Gasteiger charge is 1.94. The molecule has 0 saturated heterocycles. The quantitative estimate of drug-likeness (QED) is 0.485. The van der Waals surface area contributed by atoms with Crippen molar-refractivity contribution in [1.82, 2.24) is 0 Å². The van der Waals surface area contributed by atoms with Gasteiger partial charge in [-0.2, -0.15) is 0 Å². The van der Waals surface area contributed by atoms with Crippen LogP contribution in [-0.4, -0.2) is 29.8 Å². The monoisotopic (exact) mass is 158 g/mol. The lowest BCUT2D eigenvalue weighted by atomic mass is 10.7. The summed E-state index contributed by atoms with van der Waals surface area (Å²) in [5, 5.41) is 8.38. The van der Waals surface area contributed by atoms with Gasteiger partial charge >= 0.3 is 0 Å². The van der Waals surface area contributed by atoms with Gasteiger partial charge in [0.2, 0.25) is 0 Å². The van der Waals surface area contributed by atoms with Gasteiger partial charge in [0.1, 0.15) is 0 Å². The Morgan fingerprint density at radius 2 is 2.25 bits per heavy atom. The highest BCUT2D eigenvalue weighted by Crippen LogP contribution is 1.89. The molecule has 0 radical (unpaired) electrons. The highest BCUT2D eigenvalue weighted by atomic mass is 35.5. The van der Waals surface area contributed by atoms with Crippen LogP contribution >= 0.6 is 23.2 Å². The van der Waals surface area contributed by atoms with E-state index in [2.05, 4.69) is 0 Å². The molecule has 0 aliphatic carbocycles. The van der Waals surface area contributed by atoms with Crippen molar-refractivity contribution < 1.29 is 9.84 Å². The number of ether oxygens (including phenoxy) is 1. The smallest absolute Gasteiger partial charge is 0.151 e. The number of hydrogen-bond donors (Lipinski definition) is 1. The molecule has 2 nitrogen and oxygen atoms in total. The van der Waals surface area contributed by atoms with Gasteiger partial charge in [0.05, 0.1) is 13.2 Å². The maximum Gasteiger partial charge on any atom is 0.151 e. The molecule has 1 N–H and O–H groups in total. The Balaban J connectivity index is 2.72. The minimum atomic E-state index is -0.904. The molecule has 0 fully saturated rings. The Morgan fingerprint density at radius 3 is 2.62 bits per heavy atom. The van der Waals surface area contributed by atoms with Crippen LogP contribution in [0.15, 0.2) is 0 Å². The minimum absolute atomic E-state index is 0.147. The van der Waals surface area contributed by atoms with Gasteiger partial charge in [-0.1, -0.05) is 11.6 Å². The molecule has 0 bridgehead atoms. The van der Waals surface area contributed by atoms with Gasteiger partial charge in [-0.25, -0.2) is 0 Å². The summed E-state index contributed by atoms with van der Waals surface area (Å²) in [5.74, 6) is 0.434. The molecule has 8 heavy (non-hydrogen) atoms. The van der Waals surface area contributed by atoms with Crippen LogP contribution in [0.25, 0.3) is 0 Å². The molecule has 0 heterocycles. The van der Waals surface area contributed by atoms with E-state index in [1.807, 2.05) is 0 Å². The van der Waals surface area contributed by atoms with Crippen LogP contribution in [0.1, 0.15) is 0 Å². The van der Waals surface area contributed by atoms with Gasteiger partial charge in [0, 0.05) is 5.88 Å². The average Bonchev–Trinajstić information content (AvgIpc) is 1.66. The van der Waals surface area contributed by atoms with Crippen LogP contribution in [-0.2, 0) is 4.74 Å². The van der Waals surface area contributed by atoms with Gasteiger partial charge in [-0.05, 0) is 0 Å². The van der Waals surface area contributed by atoms with Gasteiger partial charge in [-0.3, -0.25) is 0 Å². The van der Waals surface area contributed by atoms with Crippen molar-refractivity contribution >= 4 is 23.2 Å². The number of hydrogen-bond acceptors (Lipinski definition) is 2. The molecule has 1 atom stereocenters. The summed E-state index contributed by atoms with van der Waals surface area (Å²) in [5.41, 5.74) is -0.904. The summed E-state index contributed by atoms with van der Waals surface area (Å²) in [4.78, 5) is 0. The van der Waals surface area contributed by atoms with Crippen molar-refractivity contribution in [2.45, 2.75) is 5.56 Å². The fraction of sp³-hybridized carbons (Fsp3) is 1.00. The Kier molecular flexibility index (Phi) is 5.99. The fourth-order valence-electron chi connectivity index (χ4n) is 0.235. The summed E-state index contributed by atoms with van der Waals surface area (Å²) in [7, 11) is 0. The number of rotatable bonds is 4. The van der Waals surface area contributed by atoms with E-state index >= 15 is 0 Å². The molecule has 50 valence electrons. The maximum absolute atomic E-state index is 8.38. The Labute approximate surface area is 58.3 Å². The second-order valence-electron chi connectivity index (χ2n) is 1.20. The first kappa shape index (κ1) is 8.50. The molecule has 0 aromatic heterocycles. The summed E-state index contributed by atoms with van der Waals surface area (Å²) in [6.07, 6.45) is 0. The molecule has 0 aliphatic heterocycles. The van der Waals surface area contributed by atoms with Crippen LogP contribution in [0.3, 0.4) is 0 Å². The first-order chi connectivity index (χ1) is 3.77. The summed E-state index contributed by atoms with van der Waals surface area (Å²) in [6, 6.07) is 0. The Hall–Kier alpha value is 0.500.